The van der Waals surface area contributed by atoms with Gasteiger partial charge in [-0.2, -0.15) is 0 Å². The minimum absolute atomic E-state index is 0.485. The van der Waals surface area contributed by atoms with Crippen molar-refractivity contribution in [2.24, 2.45) is 0 Å². The van der Waals surface area contributed by atoms with E-state index in [1.807, 2.05) is 18.0 Å². The lowest BCUT2D eigenvalue weighted by Crippen LogP contribution is -2.26. The van der Waals surface area contributed by atoms with E-state index >= 15 is 0 Å². The quantitative estimate of drug-likeness (QED) is 0.657. The molecule has 3 heteroatoms. The Balaban J connectivity index is 1.46. The molecule has 1 aliphatic rings. The van der Waals surface area contributed by atoms with Crippen LogP contribution in [0.25, 0.3) is 0 Å². The molecule has 0 bridgehead atoms. The van der Waals surface area contributed by atoms with E-state index in [2.05, 4.69) is 41.7 Å². The van der Waals surface area contributed by atoms with Crippen LogP contribution >= 0.6 is 11.8 Å². The first kappa shape index (κ1) is 12.8. The molecule has 1 unspecified atom stereocenters. The Morgan fingerprint density at radius 3 is 3.00 bits per heavy atom. The number of aryl methyl sites for hydroxylation is 1. The predicted octanol–water partition coefficient (Wildman–Crippen LogP) is 4.04. The third kappa shape index (κ3) is 3.23. The van der Waals surface area contributed by atoms with Crippen molar-refractivity contribution < 1.29 is 4.42 Å². The number of hydrogen-bond donors (Lipinski definition) is 1. The molecule has 1 N–H and O–H groups in total. The fraction of sp³-hybridized carbons (Fsp3) is 0.375. The molecule has 2 aromatic rings. The Morgan fingerprint density at radius 2 is 2.11 bits per heavy atom. The molecule has 0 saturated heterocycles. The van der Waals surface area contributed by atoms with Crippen molar-refractivity contribution in [3.05, 3.63) is 54.0 Å². The van der Waals surface area contributed by atoms with Crippen molar-refractivity contribution in [3.8, 4) is 0 Å². The van der Waals surface area contributed by atoms with Crippen LogP contribution < -0.4 is 5.32 Å². The van der Waals surface area contributed by atoms with Crippen molar-refractivity contribution in [2.75, 3.05) is 12.3 Å². The number of hydrogen-bond acceptors (Lipinski definition) is 3. The zero-order chi connectivity index (χ0) is 12.9. The predicted molar refractivity (Wildman–Crippen MR) is 79.6 cm³/mol. The molecule has 1 aliphatic carbocycles. The number of furan rings is 1. The third-order valence-corrected chi connectivity index (χ3v) is 4.57. The number of rotatable bonds is 5. The van der Waals surface area contributed by atoms with Crippen LogP contribution in [0.5, 0.6) is 0 Å². The molecule has 0 saturated carbocycles. The van der Waals surface area contributed by atoms with Crippen LogP contribution in [-0.2, 0) is 6.42 Å². The molecule has 0 fully saturated rings. The van der Waals surface area contributed by atoms with Gasteiger partial charge in [0.05, 0.1) is 6.26 Å². The Hall–Kier alpha value is -1.19. The van der Waals surface area contributed by atoms with Crippen LogP contribution in [0.15, 0.2) is 52.0 Å². The molecule has 19 heavy (non-hydrogen) atoms. The minimum Gasteiger partial charge on any atom is -0.469 e. The maximum absolute atomic E-state index is 5.52. The lowest BCUT2D eigenvalue weighted by atomic mass is 9.93. The van der Waals surface area contributed by atoms with E-state index in [9.17, 15) is 0 Å². The summed E-state index contributed by atoms with van der Waals surface area (Å²) in [5.74, 6) is 2.28. The third-order valence-electron chi connectivity index (χ3n) is 3.56. The second kappa shape index (κ2) is 6.31. The van der Waals surface area contributed by atoms with Gasteiger partial charge in [0.25, 0.3) is 0 Å². The van der Waals surface area contributed by atoms with Crippen LogP contribution in [0, 0.1) is 0 Å². The van der Waals surface area contributed by atoms with Gasteiger partial charge in [-0.1, -0.05) is 18.2 Å². The van der Waals surface area contributed by atoms with Crippen molar-refractivity contribution in [2.45, 2.75) is 30.2 Å². The Kier molecular flexibility index (Phi) is 4.26. The summed E-state index contributed by atoms with van der Waals surface area (Å²) in [4.78, 5) is 1.34. The number of benzene rings is 1. The summed E-state index contributed by atoms with van der Waals surface area (Å²) < 4.78 is 5.52. The van der Waals surface area contributed by atoms with Gasteiger partial charge >= 0.3 is 0 Å². The first-order valence-electron chi connectivity index (χ1n) is 6.91. The van der Waals surface area contributed by atoms with E-state index in [1.54, 1.807) is 0 Å². The average Bonchev–Trinajstić information content (AvgIpc) is 2.94. The first-order valence-corrected chi connectivity index (χ1v) is 7.89. The molecule has 0 aliphatic heterocycles. The molecule has 3 rings (SSSR count). The van der Waals surface area contributed by atoms with E-state index < -0.39 is 0 Å². The molecule has 1 atom stereocenters. The van der Waals surface area contributed by atoms with Gasteiger partial charge < -0.3 is 9.73 Å². The second-order valence-electron chi connectivity index (χ2n) is 4.86. The first-order chi connectivity index (χ1) is 9.43. The zero-order valence-corrected chi connectivity index (χ0v) is 11.8. The van der Waals surface area contributed by atoms with Gasteiger partial charge in [0.2, 0.25) is 0 Å². The molecular formula is C16H19NOS. The Labute approximate surface area is 118 Å². The van der Waals surface area contributed by atoms with E-state index in [0.29, 0.717) is 6.04 Å². The molecular weight excluding hydrogens is 254 g/mol. The fourth-order valence-corrected chi connectivity index (χ4v) is 3.42. The van der Waals surface area contributed by atoms with E-state index in [1.165, 1.54) is 29.1 Å². The average molecular weight is 273 g/mol. The van der Waals surface area contributed by atoms with Crippen molar-refractivity contribution in [1.29, 1.82) is 0 Å². The largest absolute Gasteiger partial charge is 0.469 e. The summed E-state index contributed by atoms with van der Waals surface area (Å²) in [7, 11) is 0. The lowest BCUT2D eigenvalue weighted by molar-refractivity contribution is 0.418. The molecule has 2 nitrogen and oxygen atoms in total. The van der Waals surface area contributed by atoms with E-state index in [-0.39, 0.29) is 0 Å². The molecule has 0 amide bonds. The van der Waals surface area contributed by atoms with Crippen LogP contribution in [0.4, 0.5) is 0 Å². The summed E-state index contributed by atoms with van der Waals surface area (Å²) in [5, 5.41) is 3.65. The Morgan fingerprint density at radius 1 is 1.21 bits per heavy atom. The van der Waals surface area contributed by atoms with Gasteiger partial charge in [-0.3, -0.25) is 0 Å². The standard InChI is InChI=1S/C16H19NOS/c1-2-5-13(6-3-1)19-12-10-17-15-7-4-8-16-14(15)9-11-18-16/h1-3,5-6,9,11,15,17H,4,7-8,10,12H2. The normalized spacial score (nSPS) is 18.2. The maximum Gasteiger partial charge on any atom is 0.108 e. The van der Waals surface area contributed by atoms with Gasteiger partial charge in [-0.25, -0.2) is 0 Å². The maximum atomic E-state index is 5.52. The molecule has 1 aromatic heterocycles. The van der Waals surface area contributed by atoms with E-state index in [4.69, 9.17) is 4.42 Å². The molecule has 100 valence electrons. The monoisotopic (exact) mass is 273 g/mol. The highest BCUT2D eigenvalue weighted by Gasteiger charge is 2.21. The Bertz CT molecular complexity index is 508. The summed E-state index contributed by atoms with van der Waals surface area (Å²) in [5.41, 5.74) is 1.37. The van der Waals surface area contributed by atoms with Gasteiger partial charge in [-0.15, -0.1) is 11.8 Å². The molecule has 1 aromatic carbocycles. The molecule has 1 heterocycles. The SMILES string of the molecule is c1ccc(SCCNC2CCCc3occc32)cc1. The van der Waals surface area contributed by atoms with Crippen molar-refractivity contribution in [3.63, 3.8) is 0 Å². The minimum atomic E-state index is 0.485. The van der Waals surface area contributed by atoms with Gasteiger partial charge in [0, 0.05) is 35.2 Å². The van der Waals surface area contributed by atoms with Crippen LogP contribution in [0.3, 0.4) is 0 Å². The van der Waals surface area contributed by atoms with E-state index in [0.717, 1.165) is 18.7 Å². The van der Waals surface area contributed by atoms with Crippen LogP contribution in [0.1, 0.15) is 30.2 Å². The fourth-order valence-electron chi connectivity index (χ4n) is 2.62. The summed E-state index contributed by atoms with van der Waals surface area (Å²) in [6.07, 6.45) is 5.37. The number of nitrogens with one attached hydrogen (secondary N) is 1. The van der Waals surface area contributed by atoms with Crippen LogP contribution in [-0.4, -0.2) is 12.3 Å². The highest BCUT2D eigenvalue weighted by atomic mass is 32.2. The number of fused-ring (bicyclic) bond motifs is 1. The summed E-state index contributed by atoms with van der Waals surface area (Å²) in [6, 6.07) is 13.2. The number of thioether (sulfide) groups is 1. The van der Waals surface area contributed by atoms with Gasteiger partial charge in [0.15, 0.2) is 0 Å². The smallest absolute Gasteiger partial charge is 0.108 e. The summed E-state index contributed by atoms with van der Waals surface area (Å²) in [6.45, 7) is 1.04. The van der Waals surface area contributed by atoms with Crippen LogP contribution in [0.2, 0.25) is 0 Å². The van der Waals surface area contributed by atoms with Crippen molar-refractivity contribution in [1.82, 2.24) is 5.32 Å². The highest BCUT2D eigenvalue weighted by Crippen LogP contribution is 2.30. The van der Waals surface area contributed by atoms with Gasteiger partial charge in [-0.05, 0) is 31.0 Å². The topological polar surface area (TPSA) is 25.2 Å². The second-order valence-corrected chi connectivity index (χ2v) is 6.03. The highest BCUT2D eigenvalue weighted by molar-refractivity contribution is 7.99. The van der Waals surface area contributed by atoms with Crippen molar-refractivity contribution >= 4 is 11.8 Å². The molecule has 0 spiro atoms. The molecule has 0 radical (unpaired) electrons. The summed E-state index contributed by atoms with van der Waals surface area (Å²) >= 11 is 1.91. The van der Waals surface area contributed by atoms with Gasteiger partial charge in [0.1, 0.15) is 5.76 Å². The zero-order valence-electron chi connectivity index (χ0n) is 11.0. The lowest BCUT2D eigenvalue weighted by Gasteiger charge is -2.22.